The molecule has 1 N–H and O–H groups in total. The Morgan fingerprint density at radius 1 is 1.19 bits per heavy atom. The number of hydrogen-bond acceptors (Lipinski definition) is 4. The number of hydrogen-bond donors (Lipinski definition) is 1. The second-order valence-corrected chi connectivity index (χ2v) is 7.66. The van der Waals surface area contributed by atoms with Crippen LogP contribution in [-0.4, -0.2) is 35.6 Å². The first kappa shape index (κ1) is 15.4. The Labute approximate surface area is 133 Å². The molecular weight excluding hydrogens is 278 g/mol. The van der Waals surface area contributed by atoms with Crippen LogP contribution in [0.4, 0.5) is 0 Å². The molecule has 2 heterocycles. The van der Waals surface area contributed by atoms with Gasteiger partial charge in [0, 0.05) is 30.4 Å². The van der Waals surface area contributed by atoms with E-state index in [9.17, 15) is 0 Å². The van der Waals surface area contributed by atoms with Gasteiger partial charge in [-0.2, -0.15) is 0 Å². The van der Waals surface area contributed by atoms with Gasteiger partial charge in [-0.05, 0) is 45.2 Å². The lowest BCUT2D eigenvalue weighted by molar-refractivity contribution is 0.288. The summed E-state index contributed by atoms with van der Waals surface area (Å²) >= 11 is 1.95. The van der Waals surface area contributed by atoms with E-state index in [0.717, 1.165) is 25.4 Å². The van der Waals surface area contributed by atoms with Crippen molar-refractivity contribution in [1.29, 1.82) is 0 Å². The van der Waals surface area contributed by atoms with Crippen LogP contribution in [0, 0.1) is 0 Å². The van der Waals surface area contributed by atoms with E-state index in [1.807, 2.05) is 11.3 Å². The summed E-state index contributed by atoms with van der Waals surface area (Å²) in [4.78, 5) is 9.01. The zero-order chi connectivity index (χ0) is 14.5. The van der Waals surface area contributed by atoms with Crippen LogP contribution in [0.5, 0.6) is 0 Å². The van der Waals surface area contributed by atoms with Crippen LogP contribution in [0.1, 0.15) is 61.0 Å². The second-order valence-electron chi connectivity index (χ2n) is 6.49. The molecule has 1 aliphatic carbocycles. The van der Waals surface area contributed by atoms with Gasteiger partial charge in [0.1, 0.15) is 0 Å². The monoisotopic (exact) mass is 307 g/mol. The van der Waals surface area contributed by atoms with Crippen molar-refractivity contribution in [2.75, 3.05) is 19.6 Å². The molecule has 2 aliphatic rings. The van der Waals surface area contributed by atoms with Crippen molar-refractivity contribution < 1.29 is 0 Å². The lowest BCUT2D eigenvalue weighted by atomic mass is 10.2. The standard InChI is InChI=1S/C17H29N3S/c1-2-15-16(13-18-14-7-8-14)21-17(19-15)9-12-20-10-5-3-4-6-11-20/h14,18H,2-13H2,1H3. The van der Waals surface area contributed by atoms with E-state index in [1.165, 1.54) is 73.7 Å². The van der Waals surface area contributed by atoms with Gasteiger partial charge in [-0.15, -0.1) is 11.3 Å². The molecular formula is C17H29N3S. The highest BCUT2D eigenvalue weighted by molar-refractivity contribution is 7.11. The van der Waals surface area contributed by atoms with Crippen molar-refractivity contribution in [1.82, 2.24) is 15.2 Å². The molecule has 1 aromatic rings. The highest BCUT2D eigenvalue weighted by Gasteiger charge is 2.21. The molecule has 1 aliphatic heterocycles. The maximum Gasteiger partial charge on any atom is 0.0944 e. The molecule has 3 rings (SSSR count). The number of aryl methyl sites for hydroxylation is 1. The van der Waals surface area contributed by atoms with Crippen molar-refractivity contribution in [3.63, 3.8) is 0 Å². The predicted molar refractivity (Wildman–Crippen MR) is 90.0 cm³/mol. The van der Waals surface area contributed by atoms with Gasteiger partial charge in [0.15, 0.2) is 0 Å². The third-order valence-corrected chi connectivity index (χ3v) is 5.78. The Balaban J connectivity index is 1.51. The summed E-state index contributed by atoms with van der Waals surface area (Å²) in [6, 6.07) is 0.789. The fourth-order valence-corrected chi connectivity index (χ4v) is 4.19. The van der Waals surface area contributed by atoms with Gasteiger partial charge in [0.05, 0.1) is 10.7 Å². The molecule has 0 aromatic carbocycles. The average Bonchev–Trinajstić information content (AvgIpc) is 3.28. The molecule has 2 fully saturated rings. The van der Waals surface area contributed by atoms with E-state index < -0.39 is 0 Å². The summed E-state index contributed by atoms with van der Waals surface area (Å²) in [5, 5.41) is 4.99. The number of rotatable bonds is 7. The second kappa shape index (κ2) is 7.70. The minimum Gasteiger partial charge on any atom is -0.309 e. The van der Waals surface area contributed by atoms with Crippen molar-refractivity contribution in [3.8, 4) is 0 Å². The maximum absolute atomic E-state index is 4.89. The molecule has 0 atom stereocenters. The van der Waals surface area contributed by atoms with Crippen molar-refractivity contribution in [3.05, 3.63) is 15.6 Å². The van der Waals surface area contributed by atoms with E-state index in [0.29, 0.717) is 0 Å². The number of thiazole rings is 1. The zero-order valence-corrected chi connectivity index (χ0v) is 14.2. The van der Waals surface area contributed by atoms with Crippen molar-refractivity contribution in [2.24, 2.45) is 0 Å². The highest BCUT2D eigenvalue weighted by Crippen LogP contribution is 2.24. The van der Waals surface area contributed by atoms with E-state index in [4.69, 9.17) is 4.98 Å². The Morgan fingerprint density at radius 3 is 2.62 bits per heavy atom. The SMILES string of the molecule is CCc1nc(CCN2CCCCCC2)sc1CNC1CC1. The summed E-state index contributed by atoms with van der Waals surface area (Å²) in [5.74, 6) is 0. The Hall–Kier alpha value is -0.450. The van der Waals surface area contributed by atoms with Crippen LogP contribution in [0.2, 0.25) is 0 Å². The summed E-state index contributed by atoms with van der Waals surface area (Å²) in [6.07, 6.45) is 10.5. The topological polar surface area (TPSA) is 28.2 Å². The largest absolute Gasteiger partial charge is 0.309 e. The molecule has 0 spiro atoms. The number of likely N-dealkylation sites (tertiary alicyclic amines) is 1. The first-order valence-corrected chi connectivity index (χ1v) is 9.60. The van der Waals surface area contributed by atoms with Gasteiger partial charge in [0.2, 0.25) is 0 Å². The summed E-state index contributed by atoms with van der Waals surface area (Å²) in [6.45, 7) is 7.06. The van der Waals surface area contributed by atoms with Gasteiger partial charge < -0.3 is 10.2 Å². The van der Waals surface area contributed by atoms with Gasteiger partial charge in [-0.25, -0.2) is 4.98 Å². The van der Waals surface area contributed by atoms with E-state index in [2.05, 4.69) is 17.1 Å². The molecule has 1 saturated carbocycles. The molecule has 0 amide bonds. The van der Waals surface area contributed by atoms with E-state index in [-0.39, 0.29) is 0 Å². The number of aromatic nitrogens is 1. The Bertz CT molecular complexity index is 431. The number of nitrogens with one attached hydrogen (secondary N) is 1. The first-order chi connectivity index (χ1) is 10.3. The van der Waals surface area contributed by atoms with Crippen LogP contribution >= 0.6 is 11.3 Å². The highest BCUT2D eigenvalue weighted by atomic mass is 32.1. The lowest BCUT2D eigenvalue weighted by Crippen LogP contribution is -2.26. The van der Waals surface area contributed by atoms with Crippen LogP contribution in [0.25, 0.3) is 0 Å². The van der Waals surface area contributed by atoms with Crippen LogP contribution in [-0.2, 0) is 19.4 Å². The average molecular weight is 308 g/mol. The summed E-state index contributed by atoms with van der Waals surface area (Å²) in [5.41, 5.74) is 1.33. The maximum atomic E-state index is 4.89. The fourth-order valence-electron chi connectivity index (χ4n) is 3.10. The third kappa shape index (κ3) is 4.76. The zero-order valence-electron chi connectivity index (χ0n) is 13.4. The van der Waals surface area contributed by atoms with Crippen LogP contribution in [0.3, 0.4) is 0 Å². The van der Waals surface area contributed by atoms with Gasteiger partial charge in [-0.1, -0.05) is 19.8 Å². The lowest BCUT2D eigenvalue weighted by Gasteiger charge is -2.18. The minimum absolute atomic E-state index is 0.789. The molecule has 1 saturated heterocycles. The van der Waals surface area contributed by atoms with Crippen molar-refractivity contribution in [2.45, 2.75) is 70.9 Å². The normalized spacial score (nSPS) is 20.6. The Kier molecular flexibility index (Phi) is 5.67. The van der Waals surface area contributed by atoms with E-state index >= 15 is 0 Å². The van der Waals surface area contributed by atoms with E-state index in [1.54, 1.807) is 0 Å². The van der Waals surface area contributed by atoms with Gasteiger partial charge >= 0.3 is 0 Å². The molecule has 21 heavy (non-hydrogen) atoms. The smallest absolute Gasteiger partial charge is 0.0944 e. The van der Waals surface area contributed by atoms with Gasteiger partial charge in [-0.3, -0.25) is 0 Å². The van der Waals surface area contributed by atoms with Gasteiger partial charge in [0.25, 0.3) is 0 Å². The molecule has 118 valence electrons. The fraction of sp³-hybridized carbons (Fsp3) is 0.824. The minimum atomic E-state index is 0.789. The molecule has 3 nitrogen and oxygen atoms in total. The van der Waals surface area contributed by atoms with Crippen LogP contribution in [0.15, 0.2) is 0 Å². The quantitative estimate of drug-likeness (QED) is 0.837. The van der Waals surface area contributed by atoms with Crippen molar-refractivity contribution >= 4 is 11.3 Å². The molecule has 0 bridgehead atoms. The molecule has 4 heteroatoms. The molecule has 0 radical (unpaired) electrons. The summed E-state index contributed by atoms with van der Waals surface area (Å²) in [7, 11) is 0. The molecule has 0 unspecified atom stereocenters. The number of nitrogens with zero attached hydrogens (tertiary/aromatic N) is 2. The predicted octanol–water partition coefficient (Wildman–Crippen LogP) is 3.38. The third-order valence-electron chi connectivity index (χ3n) is 4.63. The molecule has 1 aromatic heterocycles. The van der Waals surface area contributed by atoms with Crippen LogP contribution < -0.4 is 5.32 Å². The first-order valence-electron chi connectivity index (χ1n) is 8.78. The Morgan fingerprint density at radius 2 is 1.95 bits per heavy atom. The summed E-state index contributed by atoms with van der Waals surface area (Å²) < 4.78 is 0.